The van der Waals surface area contributed by atoms with Crippen LogP contribution >= 0.6 is 0 Å². The molecule has 0 aliphatic heterocycles. The van der Waals surface area contributed by atoms with Crippen LogP contribution in [0.5, 0.6) is 0 Å². The average molecular weight is 278 g/mol. The minimum Gasteiger partial charge on any atom is -0.0683 e. The minimum atomic E-state index is 1.29. The molecule has 0 heteroatoms. The molecule has 21 heavy (non-hydrogen) atoms. The maximum absolute atomic E-state index is 2.22. The first-order chi connectivity index (χ1) is 10.4. The molecule has 0 N–H and O–H groups in total. The molecule has 0 saturated carbocycles. The molecule has 0 unspecified atom stereocenters. The van der Waals surface area contributed by atoms with Crippen molar-refractivity contribution in [3.63, 3.8) is 0 Å². The zero-order valence-corrected chi connectivity index (χ0v) is 13.9. The lowest BCUT2D eigenvalue weighted by atomic mass is 9.95. The van der Waals surface area contributed by atoms with Crippen LogP contribution in [0.25, 0.3) is 21.9 Å². The van der Waals surface area contributed by atoms with E-state index in [-0.39, 0.29) is 0 Å². The molecule has 3 aromatic rings. The molecule has 0 heterocycles. The van der Waals surface area contributed by atoms with E-state index >= 15 is 0 Å². The quantitative estimate of drug-likeness (QED) is 0.455. The standard InChI is InChI=1S/C17H14.2C2H6/c1-13-16-10-6-5-9-15(16)11-12-17(13)14-7-3-2-4-8-14;2*1-2/h2-12H,1H3;2*1-2H3. The molecule has 0 atom stereocenters. The van der Waals surface area contributed by atoms with E-state index in [0.29, 0.717) is 0 Å². The predicted molar refractivity (Wildman–Crippen MR) is 96.8 cm³/mol. The van der Waals surface area contributed by atoms with E-state index in [0.717, 1.165) is 0 Å². The Morgan fingerprint density at radius 3 is 1.81 bits per heavy atom. The first-order valence-electron chi connectivity index (χ1n) is 7.90. The van der Waals surface area contributed by atoms with Gasteiger partial charge in [0.15, 0.2) is 0 Å². The Morgan fingerprint density at radius 1 is 0.571 bits per heavy atom. The van der Waals surface area contributed by atoms with Crippen LogP contribution in [0.4, 0.5) is 0 Å². The van der Waals surface area contributed by atoms with E-state index < -0.39 is 0 Å². The van der Waals surface area contributed by atoms with E-state index in [1.807, 2.05) is 27.7 Å². The highest BCUT2D eigenvalue weighted by molar-refractivity contribution is 5.91. The summed E-state index contributed by atoms with van der Waals surface area (Å²) in [5, 5.41) is 2.65. The van der Waals surface area contributed by atoms with E-state index in [2.05, 4.69) is 73.7 Å². The van der Waals surface area contributed by atoms with E-state index in [1.165, 1.54) is 27.5 Å². The largest absolute Gasteiger partial charge is 0.0683 e. The monoisotopic (exact) mass is 278 g/mol. The van der Waals surface area contributed by atoms with Crippen molar-refractivity contribution in [3.8, 4) is 11.1 Å². The fraction of sp³-hybridized carbons (Fsp3) is 0.238. The smallest absolute Gasteiger partial charge is 0.0148 e. The van der Waals surface area contributed by atoms with E-state index in [9.17, 15) is 0 Å². The van der Waals surface area contributed by atoms with Crippen molar-refractivity contribution in [2.24, 2.45) is 0 Å². The van der Waals surface area contributed by atoms with Crippen molar-refractivity contribution >= 4 is 10.8 Å². The Balaban J connectivity index is 0.000000510. The Kier molecular flexibility index (Phi) is 7.25. The van der Waals surface area contributed by atoms with Crippen LogP contribution in [-0.4, -0.2) is 0 Å². The van der Waals surface area contributed by atoms with Gasteiger partial charge < -0.3 is 0 Å². The molecule has 110 valence electrons. The number of rotatable bonds is 1. The number of fused-ring (bicyclic) bond motifs is 1. The molecular formula is C21H26. The van der Waals surface area contributed by atoms with Crippen LogP contribution in [0.2, 0.25) is 0 Å². The summed E-state index contributed by atoms with van der Waals surface area (Å²) in [5.41, 5.74) is 3.97. The third kappa shape index (κ3) is 3.95. The third-order valence-corrected chi connectivity index (χ3v) is 3.28. The van der Waals surface area contributed by atoms with Crippen LogP contribution in [0, 0.1) is 6.92 Å². The highest BCUT2D eigenvalue weighted by Gasteiger charge is 2.04. The van der Waals surface area contributed by atoms with Crippen LogP contribution < -0.4 is 0 Å². The second-order valence-corrected chi connectivity index (χ2v) is 4.33. The first kappa shape index (κ1) is 17.0. The maximum atomic E-state index is 2.22. The second kappa shape index (κ2) is 8.97. The van der Waals surface area contributed by atoms with Gasteiger partial charge in [-0.05, 0) is 34.4 Å². The van der Waals surface area contributed by atoms with Gasteiger partial charge in [-0.1, -0.05) is 94.4 Å². The van der Waals surface area contributed by atoms with Gasteiger partial charge in [0.25, 0.3) is 0 Å². The van der Waals surface area contributed by atoms with Gasteiger partial charge in [0.2, 0.25) is 0 Å². The van der Waals surface area contributed by atoms with Crippen molar-refractivity contribution in [3.05, 3.63) is 72.3 Å². The van der Waals surface area contributed by atoms with E-state index in [1.54, 1.807) is 0 Å². The molecule has 0 saturated heterocycles. The average Bonchev–Trinajstić information content (AvgIpc) is 2.60. The highest BCUT2D eigenvalue weighted by atomic mass is 14.1. The SMILES string of the molecule is CC.CC.Cc1c(-c2ccccc2)ccc2ccccc12. The van der Waals surface area contributed by atoms with Crippen molar-refractivity contribution in [1.29, 1.82) is 0 Å². The minimum absolute atomic E-state index is 1.29. The lowest BCUT2D eigenvalue weighted by molar-refractivity contribution is 1.50. The number of hydrogen-bond donors (Lipinski definition) is 0. The molecule has 0 nitrogen and oxygen atoms in total. The zero-order chi connectivity index (χ0) is 15.7. The molecule has 0 aliphatic rings. The zero-order valence-electron chi connectivity index (χ0n) is 13.9. The maximum Gasteiger partial charge on any atom is -0.0148 e. The molecule has 0 fully saturated rings. The Hall–Kier alpha value is -2.08. The summed E-state index contributed by atoms with van der Waals surface area (Å²) in [6, 6.07) is 23.5. The predicted octanol–water partition coefficient (Wildman–Crippen LogP) is 6.87. The van der Waals surface area contributed by atoms with Gasteiger partial charge in [0, 0.05) is 0 Å². The molecule has 0 amide bonds. The molecule has 0 radical (unpaired) electrons. The number of aryl methyl sites for hydroxylation is 1. The molecular weight excluding hydrogens is 252 g/mol. The molecule has 0 aliphatic carbocycles. The van der Waals surface area contributed by atoms with Crippen LogP contribution in [0.3, 0.4) is 0 Å². The van der Waals surface area contributed by atoms with Crippen molar-refractivity contribution in [2.45, 2.75) is 34.6 Å². The van der Waals surface area contributed by atoms with Crippen molar-refractivity contribution in [1.82, 2.24) is 0 Å². The molecule has 3 aromatic carbocycles. The Morgan fingerprint density at radius 2 is 1.14 bits per heavy atom. The van der Waals surface area contributed by atoms with E-state index in [4.69, 9.17) is 0 Å². The third-order valence-electron chi connectivity index (χ3n) is 3.28. The summed E-state index contributed by atoms with van der Waals surface area (Å²) in [6.07, 6.45) is 0. The van der Waals surface area contributed by atoms with Gasteiger partial charge in [-0.2, -0.15) is 0 Å². The summed E-state index contributed by atoms with van der Waals surface area (Å²) in [4.78, 5) is 0. The van der Waals surface area contributed by atoms with Crippen LogP contribution in [-0.2, 0) is 0 Å². The highest BCUT2D eigenvalue weighted by Crippen LogP contribution is 2.29. The first-order valence-corrected chi connectivity index (χ1v) is 7.90. The number of hydrogen-bond acceptors (Lipinski definition) is 0. The summed E-state index contributed by atoms with van der Waals surface area (Å²) >= 11 is 0. The number of benzene rings is 3. The van der Waals surface area contributed by atoms with Crippen molar-refractivity contribution < 1.29 is 0 Å². The molecule has 3 rings (SSSR count). The fourth-order valence-electron chi connectivity index (χ4n) is 2.36. The van der Waals surface area contributed by atoms with Gasteiger partial charge in [0.05, 0.1) is 0 Å². The molecule has 0 spiro atoms. The van der Waals surface area contributed by atoms with Gasteiger partial charge >= 0.3 is 0 Å². The van der Waals surface area contributed by atoms with Gasteiger partial charge in [0.1, 0.15) is 0 Å². The lowest BCUT2D eigenvalue weighted by Gasteiger charge is -2.09. The topological polar surface area (TPSA) is 0 Å². The second-order valence-electron chi connectivity index (χ2n) is 4.33. The van der Waals surface area contributed by atoms with Crippen LogP contribution in [0.1, 0.15) is 33.3 Å². The summed E-state index contributed by atoms with van der Waals surface area (Å²) in [5.74, 6) is 0. The molecule has 0 aromatic heterocycles. The van der Waals surface area contributed by atoms with Gasteiger partial charge in [-0.15, -0.1) is 0 Å². The van der Waals surface area contributed by atoms with Crippen molar-refractivity contribution in [2.75, 3.05) is 0 Å². The Labute approximate surface area is 129 Å². The molecule has 0 bridgehead atoms. The van der Waals surface area contributed by atoms with Crippen LogP contribution in [0.15, 0.2) is 66.7 Å². The van der Waals surface area contributed by atoms with Gasteiger partial charge in [-0.25, -0.2) is 0 Å². The lowest BCUT2D eigenvalue weighted by Crippen LogP contribution is -1.85. The van der Waals surface area contributed by atoms with Gasteiger partial charge in [-0.3, -0.25) is 0 Å². The fourth-order valence-corrected chi connectivity index (χ4v) is 2.36. The summed E-state index contributed by atoms with van der Waals surface area (Å²) in [7, 11) is 0. The normalized spacial score (nSPS) is 9.19. The Bertz CT molecular complexity index is 651. The summed E-state index contributed by atoms with van der Waals surface area (Å²) < 4.78 is 0. The summed E-state index contributed by atoms with van der Waals surface area (Å²) in [6.45, 7) is 10.2.